The molecule has 1 atom stereocenters. The molecule has 0 aliphatic heterocycles. The van der Waals surface area contributed by atoms with E-state index in [1.165, 1.54) is 0 Å². The van der Waals surface area contributed by atoms with Crippen molar-refractivity contribution in [2.75, 3.05) is 26.4 Å². The van der Waals surface area contributed by atoms with Crippen molar-refractivity contribution >= 4 is 11.6 Å². The summed E-state index contributed by atoms with van der Waals surface area (Å²) in [7, 11) is 4.04. The molecule has 0 aromatic heterocycles. The summed E-state index contributed by atoms with van der Waals surface area (Å²) < 4.78 is 0. The first kappa shape index (κ1) is 16.5. The van der Waals surface area contributed by atoms with Crippen LogP contribution in [0.25, 0.3) is 0 Å². The second kappa shape index (κ2) is 7.90. The molecule has 0 saturated heterocycles. The number of nitrogens with zero attached hydrogens (tertiary/aromatic N) is 1. The van der Waals surface area contributed by atoms with Crippen LogP contribution in [0.5, 0.6) is 0 Å². The second-order valence-electron chi connectivity index (χ2n) is 5.88. The number of carbonyl (C=O) groups is 1. The van der Waals surface area contributed by atoms with Gasteiger partial charge in [0, 0.05) is 24.7 Å². The molecular weight excluding hydrogens is 250 g/mol. The zero-order valence-electron chi connectivity index (χ0n) is 13.0. The predicted octanol–water partition coefficient (Wildman–Crippen LogP) is 1.90. The van der Waals surface area contributed by atoms with Crippen molar-refractivity contribution in [3.63, 3.8) is 0 Å². The van der Waals surface area contributed by atoms with Crippen LogP contribution >= 0.6 is 0 Å². The molecule has 1 aromatic rings. The highest BCUT2D eigenvalue weighted by molar-refractivity contribution is 5.76. The lowest BCUT2D eigenvalue weighted by molar-refractivity contribution is -0.122. The van der Waals surface area contributed by atoms with E-state index in [0.29, 0.717) is 18.8 Å². The lowest BCUT2D eigenvalue weighted by Crippen LogP contribution is -2.45. The van der Waals surface area contributed by atoms with Crippen LogP contribution in [0, 0.1) is 5.92 Å². The summed E-state index contributed by atoms with van der Waals surface area (Å²) in [6, 6.07) is 7.89. The Hall–Kier alpha value is -1.55. The first-order chi connectivity index (χ1) is 9.40. The Labute approximate surface area is 122 Å². The van der Waals surface area contributed by atoms with Gasteiger partial charge in [0.1, 0.15) is 0 Å². The molecule has 3 N–H and O–H groups in total. The molecule has 0 heterocycles. The molecule has 20 heavy (non-hydrogen) atoms. The Morgan fingerprint density at radius 3 is 2.50 bits per heavy atom. The number of rotatable bonds is 7. The molecule has 0 bridgehead atoms. The van der Waals surface area contributed by atoms with Gasteiger partial charge >= 0.3 is 0 Å². The summed E-state index contributed by atoms with van der Waals surface area (Å²) in [5.74, 6) is 0.511. The van der Waals surface area contributed by atoms with Gasteiger partial charge in [0.2, 0.25) is 5.91 Å². The summed E-state index contributed by atoms with van der Waals surface area (Å²) in [6.07, 6.45) is 1.16. The first-order valence-corrected chi connectivity index (χ1v) is 7.17. The number of amides is 1. The maximum absolute atomic E-state index is 12.1. The Balaban J connectivity index is 2.48. The highest BCUT2D eigenvalue weighted by Crippen LogP contribution is 2.12. The van der Waals surface area contributed by atoms with Gasteiger partial charge in [-0.05, 0) is 38.1 Å². The van der Waals surface area contributed by atoms with Crippen molar-refractivity contribution in [2.24, 2.45) is 5.92 Å². The summed E-state index contributed by atoms with van der Waals surface area (Å²) in [5, 5.41) is 3.12. The second-order valence-corrected chi connectivity index (χ2v) is 5.88. The quantitative estimate of drug-likeness (QED) is 0.748. The zero-order valence-corrected chi connectivity index (χ0v) is 13.0. The molecule has 0 aliphatic carbocycles. The molecule has 4 nitrogen and oxygen atoms in total. The third-order valence-electron chi connectivity index (χ3n) is 3.39. The number of anilines is 1. The van der Waals surface area contributed by atoms with E-state index in [1.54, 1.807) is 0 Å². The fourth-order valence-corrected chi connectivity index (χ4v) is 2.11. The van der Waals surface area contributed by atoms with Crippen LogP contribution in [0.15, 0.2) is 24.3 Å². The van der Waals surface area contributed by atoms with E-state index in [2.05, 4.69) is 24.1 Å². The fourth-order valence-electron chi connectivity index (χ4n) is 2.11. The standard InChI is InChI=1S/C16H27N3O/c1-12(2)15(11-19(3)4)18-16(20)10-9-13-7-5-6-8-14(13)17/h5-8,12,15H,9-11,17H2,1-4H3,(H,18,20). The molecule has 0 spiro atoms. The summed E-state index contributed by atoms with van der Waals surface area (Å²) in [4.78, 5) is 14.2. The molecule has 1 rings (SSSR count). The van der Waals surface area contributed by atoms with Crippen molar-refractivity contribution in [3.05, 3.63) is 29.8 Å². The van der Waals surface area contributed by atoms with Gasteiger partial charge in [-0.1, -0.05) is 32.0 Å². The number of benzene rings is 1. The molecular formula is C16H27N3O. The summed E-state index contributed by atoms with van der Waals surface area (Å²) in [5.41, 5.74) is 7.68. The van der Waals surface area contributed by atoms with Crippen LogP contribution in [0.3, 0.4) is 0 Å². The van der Waals surface area contributed by atoms with Crippen molar-refractivity contribution in [1.29, 1.82) is 0 Å². The number of likely N-dealkylation sites (N-methyl/N-ethyl adjacent to an activating group) is 1. The van der Waals surface area contributed by atoms with E-state index in [-0.39, 0.29) is 11.9 Å². The van der Waals surface area contributed by atoms with Crippen molar-refractivity contribution in [2.45, 2.75) is 32.7 Å². The normalized spacial score (nSPS) is 12.7. The van der Waals surface area contributed by atoms with E-state index >= 15 is 0 Å². The van der Waals surface area contributed by atoms with E-state index in [0.717, 1.165) is 17.8 Å². The number of aryl methyl sites for hydroxylation is 1. The lowest BCUT2D eigenvalue weighted by Gasteiger charge is -2.25. The van der Waals surface area contributed by atoms with Crippen LogP contribution in [-0.2, 0) is 11.2 Å². The third kappa shape index (κ3) is 5.61. The minimum Gasteiger partial charge on any atom is -0.399 e. The van der Waals surface area contributed by atoms with Crippen LogP contribution in [0.2, 0.25) is 0 Å². The molecule has 0 aliphatic rings. The number of nitrogens with two attached hydrogens (primary N) is 1. The number of hydrogen-bond acceptors (Lipinski definition) is 3. The smallest absolute Gasteiger partial charge is 0.220 e. The van der Waals surface area contributed by atoms with E-state index in [4.69, 9.17) is 5.73 Å². The molecule has 112 valence electrons. The van der Waals surface area contributed by atoms with Gasteiger partial charge in [-0.15, -0.1) is 0 Å². The largest absolute Gasteiger partial charge is 0.399 e. The molecule has 0 radical (unpaired) electrons. The molecule has 0 fully saturated rings. The highest BCUT2D eigenvalue weighted by Gasteiger charge is 2.16. The van der Waals surface area contributed by atoms with Gasteiger partial charge in [-0.25, -0.2) is 0 Å². The SMILES string of the molecule is CC(C)C(CN(C)C)NC(=O)CCc1ccccc1N. The Morgan fingerprint density at radius 2 is 1.95 bits per heavy atom. The van der Waals surface area contributed by atoms with Crippen LogP contribution in [0.1, 0.15) is 25.8 Å². The minimum atomic E-state index is 0.0915. The van der Waals surface area contributed by atoms with Gasteiger partial charge < -0.3 is 16.0 Å². The van der Waals surface area contributed by atoms with Gasteiger partial charge in [-0.2, -0.15) is 0 Å². The highest BCUT2D eigenvalue weighted by atomic mass is 16.1. The van der Waals surface area contributed by atoms with Crippen molar-refractivity contribution < 1.29 is 4.79 Å². The Morgan fingerprint density at radius 1 is 1.30 bits per heavy atom. The van der Waals surface area contributed by atoms with Gasteiger partial charge in [0.15, 0.2) is 0 Å². The average Bonchev–Trinajstić information content (AvgIpc) is 2.36. The number of carbonyl (C=O) groups excluding carboxylic acids is 1. The molecule has 4 heteroatoms. The first-order valence-electron chi connectivity index (χ1n) is 7.17. The molecule has 1 amide bonds. The predicted molar refractivity (Wildman–Crippen MR) is 84.5 cm³/mol. The van der Waals surface area contributed by atoms with Gasteiger partial charge in [0.05, 0.1) is 0 Å². The van der Waals surface area contributed by atoms with Gasteiger partial charge in [-0.3, -0.25) is 4.79 Å². The van der Waals surface area contributed by atoms with Crippen LogP contribution in [0.4, 0.5) is 5.69 Å². The monoisotopic (exact) mass is 277 g/mol. The maximum atomic E-state index is 12.1. The topological polar surface area (TPSA) is 58.4 Å². The van der Waals surface area contributed by atoms with Crippen LogP contribution in [-0.4, -0.2) is 37.5 Å². The van der Waals surface area contributed by atoms with E-state index < -0.39 is 0 Å². The Kier molecular flexibility index (Phi) is 6.52. The number of nitrogens with one attached hydrogen (secondary N) is 1. The molecule has 1 unspecified atom stereocenters. The number of para-hydroxylation sites is 1. The molecule has 1 aromatic carbocycles. The Bertz CT molecular complexity index is 429. The van der Waals surface area contributed by atoms with E-state index in [9.17, 15) is 4.79 Å². The summed E-state index contributed by atoms with van der Waals surface area (Å²) >= 11 is 0. The van der Waals surface area contributed by atoms with Crippen molar-refractivity contribution in [1.82, 2.24) is 10.2 Å². The zero-order chi connectivity index (χ0) is 15.1. The van der Waals surface area contributed by atoms with E-state index in [1.807, 2.05) is 38.4 Å². The summed E-state index contributed by atoms with van der Waals surface area (Å²) in [6.45, 7) is 5.12. The van der Waals surface area contributed by atoms with Gasteiger partial charge in [0.25, 0.3) is 0 Å². The lowest BCUT2D eigenvalue weighted by atomic mass is 10.0. The average molecular weight is 277 g/mol. The fraction of sp³-hybridized carbons (Fsp3) is 0.562. The minimum absolute atomic E-state index is 0.0915. The molecule has 0 saturated carbocycles. The number of hydrogen-bond donors (Lipinski definition) is 2. The number of nitrogen functional groups attached to an aromatic ring is 1. The van der Waals surface area contributed by atoms with Crippen LogP contribution < -0.4 is 11.1 Å². The van der Waals surface area contributed by atoms with Crippen molar-refractivity contribution in [3.8, 4) is 0 Å². The maximum Gasteiger partial charge on any atom is 0.220 e. The third-order valence-corrected chi connectivity index (χ3v) is 3.39.